The Morgan fingerprint density at radius 2 is 1.59 bits per heavy atom. The zero-order valence-corrected chi connectivity index (χ0v) is 20.1. The highest BCUT2D eigenvalue weighted by Crippen LogP contribution is 2.36. The summed E-state index contributed by atoms with van der Waals surface area (Å²) in [5.41, 5.74) is 4.51. The van der Waals surface area contributed by atoms with Gasteiger partial charge >= 0.3 is 0 Å². The molecule has 0 aliphatic heterocycles. The van der Waals surface area contributed by atoms with Gasteiger partial charge in [0.1, 0.15) is 0 Å². The lowest BCUT2D eigenvalue weighted by Crippen LogP contribution is -2.35. The van der Waals surface area contributed by atoms with E-state index >= 15 is 0 Å². The molecule has 3 aromatic carbocycles. The second-order valence-electron chi connectivity index (χ2n) is 8.07. The Kier molecular flexibility index (Phi) is 6.39. The van der Waals surface area contributed by atoms with Crippen molar-refractivity contribution in [1.82, 2.24) is 9.97 Å². The molecule has 0 saturated heterocycles. The smallest absolute Gasteiger partial charge is 0.241 e. The van der Waals surface area contributed by atoms with Crippen molar-refractivity contribution in [3.63, 3.8) is 0 Å². The molecule has 0 radical (unpaired) electrons. The van der Waals surface area contributed by atoms with Crippen LogP contribution in [-0.2, 0) is 11.3 Å². The second kappa shape index (κ2) is 9.75. The van der Waals surface area contributed by atoms with Crippen LogP contribution in [0.5, 0.6) is 0 Å². The van der Waals surface area contributed by atoms with Crippen LogP contribution in [0.25, 0.3) is 10.2 Å². The highest BCUT2D eigenvalue weighted by Gasteiger charge is 2.30. The van der Waals surface area contributed by atoms with Crippen molar-refractivity contribution in [3.05, 3.63) is 125 Å². The van der Waals surface area contributed by atoms with Gasteiger partial charge < -0.3 is 0 Å². The Hall–Kier alpha value is -3.54. The molecule has 0 N–H and O–H groups in total. The van der Waals surface area contributed by atoms with E-state index in [1.807, 2.05) is 97.9 Å². The molecule has 0 fully saturated rings. The summed E-state index contributed by atoms with van der Waals surface area (Å²) in [6.07, 6.45) is 1.74. The lowest BCUT2D eigenvalue weighted by atomic mass is 9.90. The minimum absolute atomic E-state index is 0.0501. The molecule has 1 amide bonds. The minimum Gasteiger partial charge on any atom is -0.281 e. The van der Waals surface area contributed by atoms with Gasteiger partial charge in [-0.2, -0.15) is 0 Å². The van der Waals surface area contributed by atoms with E-state index in [-0.39, 0.29) is 5.91 Å². The van der Waals surface area contributed by atoms with Crippen LogP contribution in [0.15, 0.2) is 97.2 Å². The molecule has 6 heteroatoms. The van der Waals surface area contributed by atoms with Crippen LogP contribution in [0.1, 0.15) is 28.3 Å². The summed E-state index contributed by atoms with van der Waals surface area (Å²) in [5.74, 6) is -0.520. The molecule has 0 unspecified atom stereocenters. The van der Waals surface area contributed by atoms with Gasteiger partial charge in [-0.3, -0.25) is 14.7 Å². The number of aryl methyl sites for hydroxylation is 1. The first-order chi connectivity index (χ1) is 16.6. The zero-order chi connectivity index (χ0) is 23.5. The third-order valence-electron chi connectivity index (χ3n) is 5.69. The van der Waals surface area contributed by atoms with Crippen LogP contribution in [0.3, 0.4) is 0 Å². The average Bonchev–Trinajstić information content (AvgIpc) is 3.29. The number of benzene rings is 3. The number of thiazole rings is 1. The van der Waals surface area contributed by atoms with Gasteiger partial charge in [0.2, 0.25) is 5.91 Å². The van der Waals surface area contributed by atoms with Crippen LogP contribution in [-0.4, -0.2) is 15.9 Å². The lowest BCUT2D eigenvalue weighted by molar-refractivity contribution is -0.119. The van der Waals surface area contributed by atoms with E-state index in [0.717, 1.165) is 32.6 Å². The minimum atomic E-state index is -0.470. The fraction of sp³-hybridized carbons (Fsp3) is 0.107. The number of hydrogen-bond donors (Lipinski definition) is 0. The predicted octanol–water partition coefficient (Wildman–Crippen LogP) is 7.02. The van der Waals surface area contributed by atoms with Crippen molar-refractivity contribution >= 4 is 44.2 Å². The molecule has 4 nitrogen and oxygen atoms in total. The quantitative estimate of drug-likeness (QED) is 0.261. The van der Waals surface area contributed by atoms with E-state index in [2.05, 4.69) is 4.98 Å². The maximum atomic E-state index is 14.3. The summed E-state index contributed by atoms with van der Waals surface area (Å²) in [6, 6.07) is 29.3. The molecule has 0 aliphatic carbocycles. The van der Waals surface area contributed by atoms with E-state index in [1.54, 1.807) is 11.1 Å². The Labute approximate surface area is 207 Å². The topological polar surface area (TPSA) is 46.1 Å². The maximum Gasteiger partial charge on any atom is 0.241 e. The summed E-state index contributed by atoms with van der Waals surface area (Å²) in [4.78, 5) is 25.4. The van der Waals surface area contributed by atoms with Crippen LogP contribution in [0.2, 0.25) is 5.02 Å². The molecular formula is C28H22ClN3OS. The number of rotatable bonds is 6. The van der Waals surface area contributed by atoms with Gasteiger partial charge in [0, 0.05) is 11.2 Å². The third-order valence-corrected chi connectivity index (χ3v) is 6.94. The summed E-state index contributed by atoms with van der Waals surface area (Å²) < 4.78 is 0.954. The maximum absolute atomic E-state index is 14.3. The molecule has 168 valence electrons. The molecule has 34 heavy (non-hydrogen) atoms. The van der Waals surface area contributed by atoms with Gasteiger partial charge in [0.25, 0.3) is 0 Å². The van der Waals surface area contributed by atoms with Crippen LogP contribution >= 0.6 is 22.9 Å². The molecule has 0 spiro atoms. The van der Waals surface area contributed by atoms with E-state index in [9.17, 15) is 4.79 Å². The highest BCUT2D eigenvalue weighted by atomic mass is 35.5. The van der Waals surface area contributed by atoms with Crippen molar-refractivity contribution in [3.8, 4) is 0 Å². The number of halogens is 1. The normalized spacial score (nSPS) is 11.1. The lowest BCUT2D eigenvalue weighted by Gasteiger charge is -2.26. The Bertz CT molecular complexity index is 1380. The number of amides is 1. The predicted molar refractivity (Wildman–Crippen MR) is 140 cm³/mol. The van der Waals surface area contributed by atoms with E-state index in [4.69, 9.17) is 16.6 Å². The third kappa shape index (κ3) is 4.58. The van der Waals surface area contributed by atoms with Gasteiger partial charge in [0.05, 0.1) is 28.4 Å². The molecular weight excluding hydrogens is 462 g/mol. The summed E-state index contributed by atoms with van der Waals surface area (Å²) in [5, 5.41) is 1.29. The number of pyridine rings is 1. The molecule has 5 rings (SSSR count). The molecule has 0 saturated carbocycles. The number of hydrogen-bond acceptors (Lipinski definition) is 4. The van der Waals surface area contributed by atoms with Crippen LogP contribution in [0, 0.1) is 6.92 Å². The number of fused-ring (bicyclic) bond motifs is 1. The van der Waals surface area contributed by atoms with Crippen LogP contribution in [0.4, 0.5) is 5.13 Å². The average molecular weight is 484 g/mol. The molecule has 2 aromatic heterocycles. The number of aromatic nitrogens is 2. The number of carbonyl (C=O) groups excluding carboxylic acids is 1. The SMILES string of the molecule is Cc1cc(Cl)cc2sc(N(Cc3ccccn3)C(=O)C(c3ccccc3)c3ccccc3)nc12. The molecule has 0 bridgehead atoms. The summed E-state index contributed by atoms with van der Waals surface area (Å²) >= 11 is 7.77. The summed E-state index contributed by atoms with van der Waals surface area (Å²) in [7, 11) is 0. The van der Waals surface area contributed by atoms with E-state index in [1.165, 1.54) is 11.3 Å². The van der Waals surface area contributed by atoms with Crippen molar-refractivity contribution in [2.75, 3.05) is 4.90 Å². The monoisotopic (exact) mass is 483 g/mol. The van der Waals surface area contributed by atoms with Crippen molar-refractivity contribution in [1.29, 1.82) is 0 Å². The van der Waals surface area contributed by atoms with E-state index in [0.29, 0.717) is 16.7 Å². The Balaban J connectivity index is 1.64. The number of nitrogens with zero attached hydrogens (tertiary/aromatic N) is 3. The Morgan fingerprint density at radius 3 is 2.21 bits per heavy atom. The molecule has 0 atom stereocenters. The fourth-order valence-corrected chi connectivity index (χ4v) is 5.50. The second-order valence-corrected chi connectivity index (χ2v) is 9.51. The number of carbonyl (C=O) groups is 1. The molecule has 0 aliphatic rings. The van der Waals surface area contributed by atoms with Crippen molar-refractivity contribution in [2.45, 2.75) is 19.4 Å². The first kappa shape index (κ1) is 22.3. The van der Waals surface area contributed by atoms with Crippen LogP contribution < -0.4 is 4.90 Å². The zero-order valence-electron chi connectivity index (χ0n) is 18.6. The summed E-state index contributed by atoms with van der Waals surface area (Å²) in [6.45, 7) is 2.31. The van der Waals surface area contributed by atoms with Gasteiger partial charge in [-0.25, -0.2) is 4.98 Å². The first-order valence-electron chi connectivity index (χ1n) is 11.0. The first-order valence-corrected chi connectivity index (χ1v) is 12.2. The Morgan fingerprint density at radius 1 is 0.941 bits per heavy atom. The highest BCUT2D eigenvalue weighted by molar-refractivity contribution is 7.22. The van der Waals surface area contributed by atoms with Gasteiger partial charge in [-0.05, 0) is 47.9 Å². The van der Waals surface area contributed by atoms with E-state index < -0.39 is 5.92 Å². The standard InChI is InChI=1S/C28H22ClN3OS/c1-19-16-22(29)17-24-26(19)31-28(34-24)32(18-23-14-8-9-15-30-23)27(33)25(20-10-4-2-5-11-20)21-12-6-3-7-13-21/h2-17,25H,18H2,1H3. The fourth-order valence-electron chi connectivity index (χ4n) is 4.08. The van der Waals surface area contributed by atoms with Gasteiger partial charge in [-0.15, -0.1) is 0 Å². The molecule has 2 heterocycles. The largest absolute Gasteiger partial charge is 0.281 e. The van der Waals surface area contributed by atoms with Gasteiger partial charge in [-0.1, -0.05) is 89.7 Å². The van der Waals surface area contributed by atoms with Gasteiger partial charge in [0.15, 0.2) is 5.13 Å². The van der Waals surface area contributed by atoms with Crippen molar-refractivity contribution < 1.29 is 4.79 Å². The number of anilines is 1. The van der Waals surface area contributed by atoms with Crippen molar-refractivity contribution in [2.24, 2.45) is 0 Å². The molecule has 5 aromatic rings.